The zero-order valence-corrected chi connectivity index (χ0v) is 54.4. The average molecular weight is 1280 g/mol. The van der Waals surface area contributed by atoms with E-state index in [4.69, 9.17) is 47.1 Å². The molecule has 4 aromatic heterocycles. The van der Waals surface area contributed by atoms with Crippen molar-refractivity contribution in [2.75, 3.05) is 44.7 Å². The number of nitrogens with zero attached hydrogens (tertiary/aromatic N) is 7. The van der Waals surface area contributed by atoms with E-state index in [2.05, 4.69) is 75.6 Å². The van der Waals surface area contributed by atoms with Gasteiger partial charge in [-0.15, -0.1) is 0 Å². The number of carbonyl (C=O) groups excluding carboxylic acids is 1. The Bertz CT molecular complexity index is 4170. The normalized spacial score (nSPS) is 19.3. The molecule has 0 bridgehead atoms. The van der Waals surface area contributed by atoms with Crippen molar-refractivity contribution in [3.63, 3.8) is 0 Å². The predicted molar refractivity (Wildman–Crippen MR) is 353 cm³/mol. The molecular weight excluding hydrogens is 1200 g/mol. The summed E-state index contributed by atoms with van der Waals surface area (Å²) in [5.41, 5.74) is 2.97. The Morgan fingerprint density at radius 1 is 0.674 bits per heavy atom. The molecule has 2 saturated heterocycles. The Labute approximate surface area is 534 Å². The maximum atomic E-state index is 15.6. The number of imidazole rings is 2. The van der Waals surface area contributed by atoms with Gasteiger partial charge in [-0.2, -0.15) is 4.98 Å². The first kappa shape index (κ1) is 63.4. The monoisotopic (exact) mass is 1280 g/mol. The van der Waals surface area contributed by atoms with E-state index in [1.165, 1.54) is 19.3 Å². The average Bonchev–Trinajstić information content (AvgIpc) is 1.11. The molecule has 23 heteroatoms. The Kier molecular flexibility index (Phi) is 18.5. The van der Waals surface area contributed by atoms with E-state index in [9.17, 15) is 9.59 Å². The third-order valence-electron chi connectivity index (χ3n) is 17.0. The molecule has 2 aliphatic heterocycles. The smallest absolute Gasteiger partial charge is 0.328 e. The molecule has 0 saturated carbocycles. The Balaban J connectivity index is 0.897. The molecule has 3 N–H and O–H groups in total. The number of nitrogens with one attached hydrogen (secondary N) is 3. The zero-order valence-electron chi connectivity index (χ0n) is 52.5. The summed E-state index contributed by atoms with van der Waals surface area (Å²) < 4.78 is 73.3. The fourth-order valence-electron chi connectivity index (χ4n) is 12.4. The summed E-state index contributed by atoms with van der Waals surface area (Å²) in [7, 11) is -4.19. The van der Waals surface area contributed by atoms with Crippen LogP contribution in [0.3, 0.4) is 0 Å². The molecule has 0 unspecified atom stereocenters. The van der Waals surface area contributed by atoms with Crippen molar-refractivity contribution >= 4 is 66.3 Å². The minimum Gasteiger partial charge on any atom is -0.497 e. The number of amides is 1. The summed E-state index contributed by atoms with van der Waals surface area (Å²) in [5.74, 6) is 1.13. The zero-order chi connectivity index (χ0) is 64.2. The van der Waals surface area contributed by atoms with Gasteiger partial charge >= 0.3 is 7.60 Å². The first-order chi connectivity index (χ1) is 44.5. The van der Waals surface area contributed by atoms with Crippen molar-refractivity contribution in [1.29, 1.82) is 0 Å². The van der Waals surface area contributed by atoms with Crippen LogP contribution in [-0.2, 0) is 49.2 Å². The van der Waals surface area contributed by atoms with Crippen LogP contribution in [0.4, 0.5) is 11.8 Å². The minimum absolute atomic E-state index is 0.0332. The van der Waals surface area contributed by atoms with Crippen molar-refractivity contribution in [1.82, 2.24) is 39.0 Å². The molecule has 6 heterocycles. The van der Waals surface area contributed by atoms with E-state index in [-0.39, 0.29) is 55.0 Å². The lowest BCUT2D eigenvalue weighted by atomic mass is 9.80. The third-order valence-corrected chi connectivity index (χ3v) is 23.4. The van der Waals surface area contributed by atoms with Crippen LogP contribution in [0.2, 0.25) is 5.04 Å². The lowest BCUT2D eigenvalue weighted by molar-refractivity contribution is -0.118. The number of aromatic amines is 1. The number of hydrogen-bond donors (Lipinski definition) is 3. The number of carbonyl (C=O) groups is 1. The molecule has 0 aliphatic carbocycles. The second kappa shape index (κ2) is 26.9. The number of aromatic nitrogens is 8. The maximum Gasteiger partial charge on any atom is 0.328 e. The number of methoxy groups -OCH3 is 2. The van der Waals surface area contributed by atoms with Crippen molar-refractivity contribution in [3.05, 3.63) is 221 Å². The van der Waals surface area contributed by atoms with Gasteiger partial charge in [0.25, 0.3) is 13.9 Å². The molecule has 10 aromatic rings. The van der Waals surface area contributed by atoms with Gasteiger partial charge in [0.2, 0.25) is 11.9 Å². The molecule has 6 aromatic carbocycles. The highest BCUT2D eigenvalue weighted by Gasteiger charge is 2.55. The molecule has 2 aliphatic rings. The van der Waals surface area contributed by atoms with Crippen molar-refractivity contribution in [3.8, 4) is 11.5 Å². The van der Waals surface area contributed by atoms with Gasteiger partial charge in [-0.1, -0.05) is 180 Å². The highest BCUT2D eigenvalue weighted by Crippen LogP contribution is 2.52. The summed E-state index contributed by atoms with van der Waals surface area (Å²) in [6.07, 6.45) is 0.0730. The Morgan fingerprint density at radius 2 is 1.20 bits per heavy atom. The van der Waals surface area contributed by atoms with E-state index in [0.29, 0.717) is 35.0 Å². The topological polar surface area (TPSA) is 239 Å². The SMILES string of the molecule is COc1ccc(C(OC[C@H]2O[C@@H](n3cnc4c(NCc5ccccc5)ncnc43)C[C@@H]2O[P@@](C)(=O)OC[C@H]2O[C@@H](n3cnc4c(=O)[nH]c(NC(=O)C(C)C)nc43)C[C@@H]2O[Si](c2ccccc2)(c2ccccc2)C(C)(C)C)(c2ccccc2)c2ccc(OC)cc2)cc1. The van der Waals surface area contributed by atoms with Crippen LogP contribution >= 0.6 is 7.60 Å². The summed E-state index contributed by atoms with van der Waals surface area (Å²) in [4.78, 5) is 52.4. The van der Waals surface area contributed by atoms with Crippen molar-refractivity contribution in [2.24, 2.45) is 5.92 Å². The van der Waals surface area contributed by atoms with Crippen LogP contribution in [0.5, 0.6) is 11.5 Å². The molecule has 2 fully saturated rings. The van der Waals surface area contributed by atoms with Gasteiger partial charge in [0.05, 0.1) is 52.3 Å². The molecule has 0 spiro atoms. The molecule has 7 atom stereocenters. The first-order valence-electron chi connectivity index (χ1n) is 30.7. The fourth-order valence-corrected chi connectivity index (χ4v) is 18.3. The number of benzene rings is 6. The van der Waals surface area contributed by atoms with Gasteiger partial charge in [0, 0.05) is 32.0 Å². The second-order valence-corrected chi connectivity index (χ2v) is 30.6. The summed E-state index contributed by atoms with van der Waals surface area (Å²) in [6.45, 7) is 11.7. The number of ether oxygens (including phenoxy) is 5. The number of rotatable bonds is 24. The van der Waals surface area contributed by atoms with Crippen LogP contribution in [-0.4, -0.2) is 112 Å². The van der Waals surface area contributed by atoms with E-state index < -0.39 is 69.0 Å². The number of H-pyrrole nitrogens is 1. The highest BCUT2D eigenvalue weighted by molar-refractivity contribution is 7.53. The largest absolute Gasteiger partial charge is 0.497 e. The minimum atomic E-state index is -4.13. The molecule has 0 radical (unpaired) electrons. The quantitative estimate of drug-likeness (QED) is 0.0289. The Hall–Kier alpha value is -8.70. The molecule has 12 rings (SSSR count). The van der Waals surface area contributed by atoms with Crippen LogP contribution in [0.15, 0.2) is 194 Å². The highest BCUT2D eigenvalue weighted by atomic mass is 31.2. The second-order valence-electron chi connectivity index (χ2n) is 24.3. The number of fused-ring (bicyclic) bond motifs is 2. The fraction of sp³-hybridized carbons (Fsp3) is 0.319. The van der Waals surface area contributed by atoms with E-state index in [0.717, 1.165) is 32.6 Å². The van der Waals surface area contributed by atoms with Gasteiger partial charge in [-0.3, -0.25) is 33.6 Å². The van der Waals surface area contributed by atoms with Crippen LogP contribution in [0, 0.1) is 5.92 Å². The van der Waals surface area contributed by atoms with Crippen LogP contribution in [0.25, 0.3) is 22.3 Å². The Morgan fingerprint density at radius 3 is 1.76 bits per heavy atom. The predicted octanol–water partition coefficient (Wildman–Crippen LogP) is 10.9. The molecule has 92 heavy (non-hydrogen) atoms. The van der Waals surface area contributed by atoms with Crippen LogP contribution in [0.1, 0.15) is 82.2 Å². The summed E-state index contributed by atoms with van der Waals surface area (Å²) in [5, 5.41) is 7.77. The van der Waals surface area contributed by atoms with Crippen molar-refractivity contribution < 1.29 is 46.5 Å². The van der Waals surface area contributed by atoms with E-state index in [1.54, 1.807) is 39.0 Å². The molecule has 1 amide bonds. The van der Waals surface area contributed by atoms with Gasteiger partial charge in [0.1, 0.15) is 48.1 Å². The molecular formula is C69H75N10O11PSi. The number of anilines is 2. The van der Waals surface area contributed by atoms with E-state index in [1.807, 2.05) is 150 Å². The van der Waals surface area contributed by atoms with Crippen molar-refractivity contribution in [2.45, 2.75) is 102 Å². The summed E-state index contributed by atoms with van der Waals surface area (Å²) in [6, 6.07) is 55.9. The lowest BCUT2D eigenvalue weighted by Crippen LogP contribution is -2.68. The van der Waals surface area contributed by atoms with Gasteiger partial charge < -0.3 is 42.5 Å². The van der Waals surface area contributed by atoms with Gasteiger partial charge in [0.15, 0.2) is 28.1 Å². The van der Waals surface area contributed by atoms with E-state index >= 15 is 4.57 Å². The summed E-state index contributed by atoms with van der Waals surface area (Å²) >= 11 is 0. The maximum absolute atomic E-state index is 15.6. The molecule has 476 valence electrons. The van der Waals surface area contributed by atoms with Gasteiger partial charge in [-0.25, -0.2) is 19.9 Å². The first-order valence-corrected chi connectivity index (χ1v) is 34.6. The third kappa shape index (κ3) is 12.9. The lowest BCUT2D eigenvalue weighted by Gasteiger charge is -2.45. The van der Waals surface area contributed by atoms with Gasteiger partial charge in [-0.05, 0) is 61.9 Å². The standard InChI is InChI=1S/C69H75N10O11PSi/c1-45(2)65(80)76-67-75-64-61(66(81)77-67)74-44-79(64)59-38-55(90-92(68(3,4)5,52-25-17-11-18-26-52)53-27-19-12-20-28-53)57(88-59)41-86-91(8,82)89-54-37-58(78-43-73-60-62(71-42-72-63(60)78)70-39-46-21-13-9-14-22-46)87-56(54)40-85-69(47-23-15-10-16-24-47,48-29-33-50(83-6)34-30-48)49-31-35-51(84-7)36-32-49/h9-36,42-45,54-59H,37-41H2,1-8H3,(H,70,71,72)(H2,75,76,77,80,81)/t54-,55-,56+,57+,58+,59+,91-/m0/s1. The molecule has 21 nitrogen and oxygen atoms in total. The van der Waals surface area contributed by atoms with Crippen LogP contribution < -0.4 is 36.0 Å². The number of hydrogen-bond acceptors (Lipinski definition) is 17.